The monoisotopic (exact) mass is 318 g/mol. The fourth-order valence-electron chi connectivity index (χ4n) is 2.36. The van der Waals surface area contributed by atoms with E-state index in [1.165, 1.54) is 7.05 Å². The summed E-state index contributed by atoms with van der Waals surface area (Å²) in [6, 6.07) is 5.12. The SMILES string of the molecule is CCCCCOc1c(OC)ccc2cc(C(=O)NC)c(=O)[nH]c12. The van der Waals surface area contributed by atoms with Crippen molar-refractivity contribution in [1.82, 2.24) is 10.3 Å². The molecular formula is C17H22N2O4. The molecule has 1 heterocycles. The molecule has 6 nitrogen and oxygen atoms in total. The van der Waals surface area contributed by atoms with E-state index in [1.807, 2.05) is 0 Å². The highest BCUT2D eigenvalue weighted by atomic mass is 16.5. The number of pyridine rings is 1. The third kappa shape index (κ3) is 3.64. The number of aromatic amines is 1. The number of ether oxygens (including phenoxy) is 2. The minimum absolute atomic E-state index is 0.0714. The van der Waals surface area contributed by atoms with E-state index in [1.54, 1.807) is 25.3 Å². The van der Waals surface area contributed by atoms with Gasteiger partial charge in [0.2, 0.25) is 0 Å². The molecule has 2 N–H and O–H groups in total. The number of aromatic nitrogens is 1. The predicted octanol–water partition coefficient (Wildman–Crippen LogP) is 2.47. The first-order valence-electron chi connectivity index (χ1n) is 7.71. The predicted molar refractivity (Wildman–Crippen MR) is 89.5 cm³/mol. The smallest absolute Gasteiger partial charge is 0.261 e. The Morgan fingerprint density at radius 2 is 2.09 bits per heavy atom. The van der Waals surface area contributed by atoms with Crippen LogP contribution in [0.3, 0.4) is 0 Å². The van der Waals surface area contributed by atoms with Gasteiger partial charge >= 0.3 is 0 Å². The lowest BCUT2D eigenvalue weighted by atomic mass is 10.1. The van der Waals surface area contributed by atoms with Gasteiger partial charge in [0.15, 0.2) is 11.5 Å². The third-order valence-electron chi connectivity index (χ3n) is 3.62. The fourth-order valence-corrected chi connectivity index (χ4v) is 2.36. The zero-order valence-electron chi connectivity index (χ0n) is 13.7. The second-order valence-corrected chi connectivity index (χ2v) is 5.21. The van der Waals surface area contributed by atoms with Crippen molar-refractivity contribution in [3.63, 3.8) is 0 Å². The standard InChI is InChI=1S/C17H22N2O4/c1-4-5-6-9-23-15-13(22-3)8-7-11-10-12(16(20)18-2)17(21)19-14(11)15/h7-8,10H,4-6,9H2,1-3H3,(H,18,20)(H,19,21). The molecule has 0 fully saturated rings. The summed E-state index contributed by atoms with van der Waals surface area (Å²) < 4.78 is 11.2. The van der Waals surface area contributed by atoms with Crippen molar-refractivity contribution in [3.05, 3.63) is 34.1 Å². The van der Waals surface area contributed by atoms with E-state index in [-0.39, 0.29) is 5.56 Å². The number of carbonyl (C=O) groups is 1. The Bertz CT molecular complexity index is 752. The normalized spacial score (nSPS) is 10.6. The molecule has 1 amide bonds. The molecule has 6 heteroatoms. The lowest BCUT2D eigenvalue weighted by Crippen LogP contribution is -2.26. The van der Waals surface area contributed by atoms with Crippen molar-refractivity contribution >= 4 is 16.8 Å². The Hall–Kier alpha value is -2.50. The molecular weight excluding hydrogens is 296 g/mol. The summed E-state index contributed by atoms with van der Waals surface area (Å²) in [5.74, 6) is 0.633. The Balaban J connectivity index is 2.48. The van der Waals surface area contributed by atoms with E-state index in [0.717, 1.165) is 24.6 Å². The molecule has 1 aromatic carbocycles. The van der Waals surface area contributed by atoms with Crippen molar-refractivity contribution < 1.29 is 14.3 Å². The number of nitrogens with one attached hydrogen (secondary N) is 2. The van der Waals surface area contributed by atoms with Gasteiger partial charge in [-0.2, -0.15) is 0 Å². The number of amides is 1. The lowest BCUT2D eigenvalue weighted by Gasteiger charge is -2.13. The summed E-state index contributed by atoms with van der Waals surface area (Å²) in [6.45, 7) is 2.67. The van der Waals surface area contributed by atoms with Crippen molar-refractivity contribution in [1.29, 1.82) is 0 Å². The minimum atomic E-state index is -0.455. The highest BCUT2D eigenvalue weighted by molar-refractivity contribution is 5.98. The topological polar surface area (TPSA) is 80.4 Å². The maximum Gasteiger partial charge on any atom is 0.261 e. The number of fused-ring (bicyclic) bond motifs is 1. The van der Waals surface area contributed by atoms with Crippen LogP contribution in [0.1, 0.15) is 36.5 Å². The zero-order valence-corrected chi connectivity index (χ0v) is 13.7. The third-order valence-corrected chi connectivity index (χ3v) is 3.62. The maximum atomic E-state index is 12.1. The van der Waals surface area contributed by atoms with Crippen LogP contribution in [0.4, 0.5) is 0 Å². The number of unbranched alkanes of at least 4 members (excludes halogenated alkanes) is 2. The van der Waals surface area contributed by atoms with E-state index < -0.39 is 11.5 Å². The molecule has 0 aliphatic rings. The average Bonchev–Trinajstić information content (AvgIpc) is 2.57. The van der Waals surface area contributed by atoms with Gasteiger partial charge in [-0.3, -0.25) is 9.59 Å². The molecule has 0 radical (unpaired) electrons. The first kappa shape index (κ1) is 16.9. The molecule has 0 saturated heterocycles. The molecule has 0 aliphatic heterocycles. The van der Waals surface area contributed by atoms with Gasteiger partial charge in [-0.05, 0) is 24.6 Å². The minimum Gasteiger partial charge on any atom is -0.493 e. The molecule has 0 saturated carbocycles. The zero-order chi connectivity index (χ0) is 16.8. The fraction of sp³-hybridized carbons (Fsp3) is 0.412. The summed E-state index contributed by atoms with van der Waals surface area (Å²) in [7, 11) is 3.04. The largest absolute Gasteiger partial charge is 0.493 e. The number of H-pyrrole nitrogens is 1. The first-order valence-corrected chi connectivity index (χ1v) is 7.71. The van der Waals surface area contributed by atoms with Crippen LogP contribution in [0, 0.1) is 0 Å². The molecule has 0 atom stereocenters. The molecule has 0 aliphatic carbocycles. The molecule has 2 aromatic rings. The van der Waals surface area contributed by atoms with Crippen molar-refractivity contribution in [2.45, 2.75) is 26.2 Å². The number of rotatable bonds is 7. The summed E-state index contributed by atoms with van der Waals surface area (Å²) >= 11 is 0. The Labute approximate surface area is 134 Å². The summed E-state index contributed by atoms with van der Waals surface area (Å²) in [6.07, 6.45) is 3.10. The summed E-state index contributed by atoms with van der Waals surface area (Å²) in [5.41, 5.74) is 0.157. The maximum absolute atomic E-state index is 12.1. The number of carbonyl (C=O) groups excluding carboxylic acids is 1. The van der Waals surface area contributed by atoms with Gasteiger partial charge in [-0.25, -0.2) is 0 Å². The average molecular weight is 318 g/mol. The molecule has 1 aromatic heterocycles. The van der Waals surface area contributed by atoms with E-state index in [4.69, 9.17) is 9.47 Å². The van der Waals surface area contributed by atoms with E-state index >= 15 is 0 Å². The second-order valence-electron chi connectivity index (χ2n) is 5.21. The van der Waals surface area contributed by atoms with E-state index in [2.05, 4.69) is 17.2 Å². The van der Waals surface area contributed by atoms with Crippen LogP contribution < -0.4 is 20.3 Å². The van der Waals surface area contributed by atoms with E-state index in [0.29, 0.717) is 23.6 Å². The molecule has 23 heavy (non-hydrogen) atoms. The molecule has 2 rings (SSSR count). The van der Waals surface area contributed by atoms with Crippen LogP contribution in [0.25, 0.3) is 10.9 Å². The number of benzene rings is 1. The number of methoxy groups -OCH3 is 1. The van der Waals surface area contributed by atoms with Gasteiger partial charge in [0.25, 0.3) is 11.5 Å². The second kappa shape index (κ2) is 7.67. The Morgan fingerprint density at radius 3 is 2.74 bits per heavy atom. The van der Waals surface area contributed by atoms with Crippen molar-refractivity contribution in [2.75, 3.05) is 20.8 Å². The Morgan fingerprint density at radius 1 is 1.30 bits per heavy atom. The van der Waals surface area contributed by atoms with Gasteiger partial charge in [-0.1, -0.05) is 19.8 Å². The van der Waals surface area contributed by atoms with Crippen LogP contribution in [-0.2, 0) is 0 Å². The first-order chi connectivity index (χ1) is 11.1. The summed E-state index contributed by atoms with van der Waals surface area (Å²) in [4.78, 5) is 26.6. The quantitative estimate of drug-likeness (QED) is 0.769. The van der Waals surface area contributed by atoms with E-state index in [9.17, 15) is 9.59 Å². The van der Waals surface area contributed by atoms with Crippen LogP contribution in [0.2, 0.25) is 0 Å². The highest BCUT2D eigenvalue weighted by Gasteiger charge is 2.15. The lowest BCUT2D eigenvalue weighted by molar-refractivity contribution is 0.0961. The van der Waals surface area contributed by atoms with Crippen LogP contribution in [-0.4, -0.2) is 31.7 Å². The van der Waals surface area contributed by atoms with Gasteiger partial charge in [0.1, 0.15) is 5.56 Å². The number of hydrogen-bond acceptors (Lipinski definition) is 4. The van der Waals surface area contributed by atoms with Gasteiger partial charge in [0, 0.05) is 12.4 Å². The summed E-state index contributed by atoms with van der Waals surface area (Å²) in [5, 5.41) is 3.17. The molecule has 0 spiro atoms. The van der Waals surface area contributed by atoms with Crippen LogP contribution in [0.5, 0.6) is 11.5 Å². The highest BCUT2D eigenvalue weighted by Crippen LogP contribution is 2.34. The Kier molecular flexibility index (Phi) is 5.62. The van der Waals surface area contributed by atoms with Gasteiger partial charge in [0.05, 0.1) is 19.2 Å². The number of hydrogen-bond donors (Lipinski definition) is 2. The van der Waals surface area contributed by atoms with Crippen LogP contribution >= 0.6 is 0 Å². The molecule has 124 valence electrons. The van der Waals surface area contributed by atoms with Crippen molar-refractivity contribution in [3.8, 4) is 11.5 Å². The van der Waals surface area contributed by atoms with Gasteiger partial charge < -0.3 is 19.8 Å². The van der Waals surface area contributed by atoms with Gasteiger partial charge in [-0.15, -0.1) is 0 Å². The van der Waals surface area contributed by atoms with Crippen molar-refractivity contribution in [2.24, 2.45) is 0 Å². The van der Waals surface area contributed by atoms with Crippen LogP contribution in [0.15, 0.2) is 23.0 Å². The molecule has 0 unspecified atom stereocenters. The molecule has 0 bridgehead atoms.